The van der Waals surface area contributed by atoms with Gasteiger partial charge >= 0.3 is 0 Å². The van der Waals surface area contributed by atoms with Crippen LogP contribution >= 0.6 is 15.9 Å². The van der Waals surface area contributed by atoms with Crippen molar-refractivity contribution in [1.29, 1.82) is 0 Å². The highest BCUT2D eigenvalue weighted by Gasteiger charge is 2.06. The average molecular weight is 347 g/mol. The molecule has 0 radical (unpaired) electrons. The Labute approximate surface area is 133 Å². The Kier molecular flexibility index (Phi) is 5.02. The topological polar surface area (TPSA) is 55.1 Å². The number of hydrogen-bond donors (Lipinski definition) is 2. The van der Waals surface area contributed by atoms with E-state index in [1.165, 1.54) is 5.56 Å². The standard InChI is InChI=1S/C17H19BrN2O/c1-3-12-9-15(18)6-7-16(12)20-10-14-5-4-13(17(19)21)8-11(14)2/h4-9,20H,3,10H2,1-2H3,(H2,19,21). The molecule has 21 heavy (non-hydrogen) atoms. The normalized spacial score (nSPS) is 10.4. The van der Waals surface area contributed by atoms with Crippen molar-refractivity contribution in [1.82, 2.24) is 0 Å². The Balaban J connectivity index is 2.15. The van der Waals surface area contributed by atoms with Crippen molar-refractivity contribution >= 4 is 27.5 Å². The molecule has 2 rings (SSSR count). The van der Waals surface area contributed by atoms with Crippen LogP contribution in [0.4, 0.5) is 5.69 Å². The van der Waals surface area contributed by atoms with Gasteiger partial charge in [-0.2, -0.15) is 0 Å². The van der Waals surface area contributed by atoms with Gasteiger partial charge in [-0.25, -0.2) is 0 Å². The molecule has 110 valence electrons. The van der Waals surface area contributed by atoms with Crippen molar-refractivity contribution in [3.8, 4) is 0 Å². The number of halogens is 1. The number of amides is 1. The number of nitrogens with one attached hydrogen (secondary N) is 1. The molecule has 0 saturated carbocycles. The van der Waals surface area contributed by atoms with Crippen LogP contribution in [0.1, 0.15) is 34.0 Å². The highest BCUT2D eigenvalue weighted by atomic mass is 79.9. The van der Waals surface area contributed by atoms with Gasteiger partial charge in [-0.1, -0.05) is 28.9 Å². The summed E-state index contributed by atoms with van der Waals surface area (Å²) < 4.78 is 1.09. The monoisotopic (exact) mass is 346 g/mol. The van der Waals surface area contributed by atoms with Crippen molar-refractivity contribution in [2.75, 3.05) is 5.32 Å². The van der Waals surface area contributed by atoms with Crippen molar-refractivity contribution in [2.45, 2.75) is 26.8 Å². The summed E-state index contributed by atoms with van der Waals surface area (Å²) in [7, 11) is 0. The van der Waals surface area contributed by atoms with Gasteiger partial charge in [-0.15, -0.1) is 0 Å². The molecule has 0 spiro atoms. The van der Waals surface area contributed by atoms with E-state index in [0.29, 0.717) is 5.56 Å². The fourth-order valence-electron chi connectivity index (χ4n) is 2.27. The van der Waals surface area contributed by atoms with Crippen molar-refractivity contribution in [3.05, 3.63) is 63.1 Å². The van der Waals surface area contributed by atoms with Crippen LogP contribution in [0.3, 0.4) is 0 Å². The summed E-state index contributed by atoms with van der Waals surface area (Å²) in [4.78, 5) is 11.2. The second kappa shape index (κ2) is 6.76. The van der Waals surface area contributed by atoms with Crippen LogP contribution in [0.25, 0.3) is 0 Å². The van der Waals surface area contributed by atoms with Crippen LogP contribution in [-0.2, 0) is 13.0 Å². The smallest absolute Gasteiger partial charge is 0.248 e. The SMILES string of the molecule is CCc1cc(Br)ccc1NCc1ccc(C(N)=O)cc1C. The lowest BCUT2D eigenvalue weighted by Crippen LogP contribution is -2.12. The van der Waals surface area contributed by atoms with Crippen LogP contribution < -0.4 is 11.1 Å². The fourth-order valence-corrected chi connectivity index (χ4v) is 2.67. The minimum Gasteiger partial charge on any atom is -0.381 e. The van der Waals surface area contributed by atoms with E-state index < -0.39 is 5.91 Å². The summed E-state index contributed by atoms with van der Waals surface area (Å²) in [6, 6.07) is 11.8. The predicted molar refractivity (Wildman–Crippen MR) is 90.5 cm³/mol. The molecule has 1 amide bonds. The summed E-state index contributed by atoms with van der Waals surface area (Å²) in [5.74, 6) is -0.390. The lowest BCUT2D eigenvalue weighted by molar-refractivity contribution is 0.1000. The van der Waals surface area contributed by atoms with Gasteiger partial charge in [0.15, 0.2) is 0 Å². The summed E-state index contributed by atoms with van der Waals surface area (Å²) in [6.07, 6.45) is 0.974. The van der Waals surface area contributed by atoms with Gasteiger partial charge in [0.05, 0.1) is 0 Å². The van der Waals surface area contributed by atoms with Gasteiger partial charge < -0.3 is 11.1 Å². The Bertz CT molecular complexity index is 668. The maximum atomic E-state index is 11.2. The molecule has 3 N–H and O–H groups in total. The average Bonchev–Trinajstić information content (AvgIpc) is 2.46. The number of nitrogens with two attached hydrogens (primary N) is 1. The zero-order valence-electron chi connectivity index (χ0n) is 12.2. The Morgan fingerprint density at radius 3 is 2.57 bits per heavy atom. The third-order valence-corrected chi connectivity index (χ3v) is 4.04. The molecular weight excluding hydrogens is 328 g/mol. The molecule has 0 unspecified atom stereocenters. The van der Waals surface area contributed by atoms with Gasteiger partial charge in [-0.05, 0) is 60.4 Å². The second-order valence-electron chi connectivity index (χ2n) is 5.01. The van der Waals surface area contributed by atoms with E-state index in [9.17, 15) is 4.79 Å². The number of rotatable bonds is 5. The molecule has 4 heteroatoms. The molecule has 2 aromatic carbocycles. The third kappa shape index (κ3) is 3.85. The fraction of sp³-hybridized carbons (Fsp3) is 0.235. The van der Waals surface area contributed by atoms with E-state index >= 15 is 0 Å². The number of anilines is 1. The molecular formula is C17H19BrN2O. The Morgan fingerprint density at radius 2 is 1.95 bits per heavy atom. The molecule has 0 atom stereocenters. The summed E-state index contributed by atoms with van der Waals surface area (Å²) in [5, 5.41) is 3.46. The number of hydrogen-bond acceptors (Lipinski definition) is 2. The highest BCUT2D eigenvalue weighted by Crippen LogP contribution is 2.22. The van der Waals surface area contributed by atoms with E-state index in [-0.39, 0.29) is 0 Å². The number of carbonyl (C=O) groups excluding carboxylic acids is 1. The van der Waals surface area contributed by atoms with Crippen molar-refractivity contribution in [3.63, 3.8) is 0 Å². The number of benzene rings is 2. The molecule has 0 aromatic heterocycles. The molecule has 0 fully saturated rings. The molecule has 0 aliphatic carbocycles. The number of primary amides is 1. The third-order valence-electron chi connectivity index (χ3n) is 3.54. The van der Waals surface area contributed by atoms with Crippen LogP contribution in [0, 0.1) is 6.92 Å². The molecule has 0 bridgehead atoms. The largest absolute Gasteiger partial charge is 0.381 e. The van der Waals surface area contributed by atoms with Gasteiger partial charge in [0.25, 0.3) is 0 Å². The molecule has 0 saturated heterocycles. The van der Waals surface area contributed by atoms with Crippen molar-refractivity contribution in [2.24, 2.45) is 5.73 Å². The van der Waals surface area contributed by atoms with Crippen molar-refractivity contribution < 1.29 is 4.79 Å². The van der Waals surface area contributed by atoms with E-state index in [4.69, 9.17) is 5.73 Å². The summed E-state index contributed by atoms with van der Waals surface area (Å²) in [6.45, 7) is 4.85. The summed E-state index contributed by atoms with van der Waals surface area (Å²) in [5.41, 5.74) is 10.5. The molecule has 2 aromatic rings. The second-order valence-corrected chi connectivity index (χ2v) is 5.93. The minimum absolute atomic E-state index is 0.390. The predicted octanol–water partition coefficient (Wildman–Crippen LogP) is 4.03. The molecule has 0 heterocycles. The lowest BCUT2D eigenvalue weighted by atomic mass is 10.0. The first-order valence-electron chi connectivity index (χ1n) is 6.93. The zero-order chi connectivity index (χ0) is 15.4. The van der Waals surface area contributed by atoms with Gasteiger partial charge in [0.1, 0.15) is 0 Å². The molecule has 0 aliphatic rings. The molecule has 0 aliphatic heterocycles. The molecule has 3 nitrogen and oxygen atoms in total. The van der Waals surface area contributed by atoms with Crippen LogP contribution in [-0.4, -0.2) is 5.91 Å². The van der Waals surface area contributed by atoms with E-state index in [1.807, 2.05) is 25.1 Å². The van der Waals surface area contributed by atoms with E-state index in [2.05, 4.69) is 40.3 Å². The highest BCUT2D eigenvalue weighted by molar-refractivity contribution is 9.10. The zero-order valence-corrected chi connectivity index (χ0v) is 13.8. The quantitative estimate of drug-likeness (QED) is 0.858. The van der Waals surface area contributed by atoms with E-state index in [1.54, 1.807) is 6.07 Å². The summed E-state index contributed by atoms with van der Waals surface area (Å²) >= 11 is 3.49. The van der Waals surface area contributed by atoms with Crippen LogP contribution in [0.15, 0.2) is 40.9 Å². The lowest BCUT2D eigenvalue weighted by Gasteiger charge is -2.13. The van der Waals surface area contributed by atoms with Crippen LogP contribution in [0.5, 0.6) is 0 Å². The Morgan fingerprint density at radius 1 is 1.19 bits per heavy atom. The first-order valence-corrected chi connectivity index (χ1v) is 7.72. The van der Waals surface area contributed by atoms with Gasteiger partial charge in [0, 0.05) is 22.3 Å². The number of carbonyl (C=O) groups is 1. The number of aryl methyl sites for hydroxylation is 2. The van der Waals surface area contributed by atoms with Crippen LogP contribution in [0.2, 0.25) is 0 Å². The maximum Gasteiger partial charge on any atom is 0.248 e. The maximum absolute atomic E-state index is 11.2. The van der Waals surface area contributed by atoms with Gasteiger partial charge in [0.2, 0.25) is 5.91 Å². The first-order chi connectivity index (χ1) is 10.0. The minimum atomic E-state index is -0.390. The van der Waals surface area contributed by atoms with Gasteiger partial charge in [-0.3, -0.25) is 4.79 Å². The first kappa shape index (κ1) is 15.6. The van der Waals surface area contributed by atoms with E-state index in [0.717, 1.165) is 34.3 Å². The Hall–Kier alpha value is -1.81.